The van der Waals surface area contributed by atoms with Gasteiger partial charge >= 0.3 is 0 Å². The van der Waals surface area contributed by atoms with Crippen molar-refractivity contribution in [3.8, 4) is 10.6 Å². The lowest BCUT2D eigenvalue weighted by Gasteiger charge is -1.99. The number of pyridine rings is 1. The standard InChI is InChI=1S/C18H18N4OS2/c1-11-15(25-17(20-11)12-7-9-19-10-8-12)16(23)22-18-21-13-5-3-2-4-6-14(13)24-18/h7-10H,2-6H2,1H3,(H,21,22,23). The van der Waals surface area contributed by atoms with Crippen LogP contribution in [0.15, 0.2) is 24.5 Å². The van der Waals surface area contributed by atoms with Gasteiger partial charge in [-0.1, -0.05) is 6.42 Å². The number of fused-ring (bicyclic) bond motifs is 1. The van der Waals surface area contributed by atoms with Gasteiger partial charge in [0.15, 0.2) is 5.13 Å². The van der Waals surface area contributed by atoms with Crippen molar-refractivity contribution < 1.29 is 4.79 Å². The fourth-order valence-corrected chi connectivity index (χ4v) is 4.97. The maximum atomic E-state index is 12.7. The number of aromatic nitrogens is 3. The van der Waals surface area contributed by atoms with Gasteiger partial charge in [0, 0.05) is 22.8 Å². The maximum absolute atomic E-state index is 12.7. The summed E-state index contributed by atoms with van der Waals surface area (Å²) in [6.07, 6.45) is 9.23. The Bertz CT molecular complexity index is 878. The topological polar surface area (TPSA) is 67.8 Å². The lowest BCUT2D eigenvalue weighted by atomic mass is 10.2. The smallest absolute Gasteiger partial charge is 0.269 e. The zero-order chi connectivity index (χ0) is 17.2. The number of hydrogen-bond donors (Lipinski definition) is 1. The Kier molecular flexibility index (Phi) is 4.59. The van der Waals surface area contributed by atoms with Crippen molar-refractivity contribution in [2.24, 2.45) is 0 Å². The third kappa shape index (κ3) is 3.48. The van der Waals surface area contributed by atoms with Gasteiger partial charge in [0.2, 0.25) is 0 Å². The van der Waals surface area contributed by atoms with Gasteiger partial charge in [-0.3, -0.25) is 15.1 Å². The largest absolute Gasteiger partial charge is 0.297 e. The molecule has 1 aliphatic carbocycles. The lowest BCUT2D eigenvalue weighted by Crippen LogP contribution is -2.11. The zero-order valence-corrected chi connectivity index (χ0v) is 15.5. The summed E-state index contributed by atoms with van der Waals surface area (Å²) in [5.74, 6) is -0.126. The molecular weight excluding hydrogens is 352 g/mol. The Morgan fingerprint density at radius 3 is 2.72 bits per heavy atom. The number of nitrogens with one attached hydrogen (secondary N) is 1. The minimum Gasteiger partial charge on any atom is -0.297 e. The van der Waals surface area contributed by atoms with E-state index in [0.717, 1.165) is 34.8 Å². The highest BCUT2D eigenvalue weighted by Crippen LogP contribution is 2.31. The molecule has 3 aromatic heterocycles. The van der Waals surface area contributed by atoms with Crippen LogP contribution >= 0.6 is 22.7 Å². The molecule has 0 fully saturated rings. The number of thiazole rings is 2. The third-order valence-electron chi connectivity index (χ3n) is 4.25. The average molecular weight is 371 g/mol. The van der Waals surface area contributed by atoms with Crippen molar-refractivity contribution in [3.63, 3.8) is 0 Å². The summed E-state index contributed by atoms with van der Waals surface area (Å²) in [7, 11) is 0. The Labute approximate surface area is 154 Å². The van der Waals surface area contributed by atoms with Crippen molar-refractivity contribution in [1.82, 2.24) is 15.0 Å². The van der Waals surface area contributed by atoms with Gasteiger partial charge < -0.3 is 0 Å². The molecule has 0 spiro atoms. The van der Waals surface area contributed by atoms with Crippen LogP contribution in [0.1, 0.15) is 45.2 Å². The first-order valence-corrected chi connectivity index (χ1v) is 10.0. The highest BCUT2D eigenvalue weighted by atomic mass is 32.1. The second-order valence-electron chi connectivity index (χ2n) is 6.07. The molecule has 0 radical (unpaired) electrons. The van der Waals surface area contributed by atoms with E-state index >= 15 is 0 Å². The Hall–Kier alpha value is -2.12. The SMILES string of the molecule is Cc1nc(-c2ccncc2)sc1C(=O)Nc1nc2c(s1)CCCCC2. The number of amides is 1. The summed E-state index contributed by atoms with van der Waals surface area (Å²) in [4.78, 5) is 27.8. The molecule has 128 valence electrons. The number of nitrogens with zero attached hydrogens (tertiary/aromatic N) is 3. The molecule has 3 aromatic rings. The molecule has 0 saturated carbocycles. The van der Waals surface area contributed by atoms with Crippen molar-refractivity contribution in [2.45, 2.75) is 39.0 Å². The van der Waals surface area contributed by atoms with E-state index in [1.807, 2.05) is 19.1 Å². The fraction of sp³-hybridized carbons (Fsp3) is 0.333. The van der Waals surface area contributed by atoms with Gasteiger partial charge in [0.05, 0.1) is 11.4 Å². The highest BCUT2D eigenvalue weighted by Gasteiger charge is 2.19. The summed E-state index contributed by atoms with van der Waals surface area (Å²) in [5.41, 5.74) is 2.88. The summed E-state index contributed by atoms with van der Waals surface area (Å²) in [6, 6.07) is 3.80. The minimum absolute atomic E-state index is 0.126. The monoisotopic (exact) mass is 370 g/mol. The number of anilines is 1. The maximum Gasteiger partial charge on any atom is 0.269 e. The van der Waals surface area contributed by atoms with Crippen LogP contribution in [-0.4, -0.2) is 20.9 Å². The molecule has 0 atom stereocenters. The third-order valence-corrected chi connectivity index (χ3v) is 6.52. The molecule has 1 N–H and O–H groups in total. The van der Waals surface area contributed by atoms with Crippen LogP contribution in [0, 0.1) is 6.92 Å². The fourth-order valence-electron chi connectivity index (χ4n) is 2.96. The molecular formula is C18H18N4OS2. The van der Waals surface area contributed by atoms with Gasteiger partial charge in [0.1, 0.15) is 9.88 Å². The molecule has 5 nitrogen and oxygen atoms in total. The summed E-state index contributed by atoms with van der Waals surface area (Å²) in [5, 5.41) is 4.51. The predicted octanol–water partition coefficient (Wildman–Crippen LogP) is 4.49. The first-order chi connectivity index (χ1) is 12.2. The van der Waals surface area contributed by atoms with Gasteiger partial charge in [-0.2, -0.15) is 0 Å². The van der Waals surface area contributed by atoms with E-state index in [-0.39, 0.29) is 5.91 Å². The van der Waals surface area contributed by atoms with Crippen LogP contribution < -0.4 is 5.32 Å². The zero-order valence-electron chi connectivity index (χ0n) is 13.9. The van der Waals surface area contributed by atoms with E-state index in [2.05, 4.69) is 20.3 Å². The van der Waals surface area contributed by atoms with Crippen LogP contribution in [0.25, 0.3) is 10.6 Å². The number of carbonyl (C=O) groups excluding carboxylic acids is 1. The van der Waals surface area contributed by atoms with E-state index in [1.54, 1.807) is 23.7 Å². The van der Waals surface area contributed by atoms with Gasteiger partial charge in [-0.25, -0.2) is 9.97 Å². The Morgan fingerprint density at radius 2 is 1.88 bits per heavy atom. The molecule has 3 heterocycles. The van der Waals surface area contributed by atoms with E-state index in [4.69, 9.17) is 0 Å². The Morgan fingerprint density at radius 1 is 1.08 bits per heavy atom. The average Bonchev–Trinajstić information content (AvgIpc) is 3.12. The van der Waals surface area contributed by atoms with Crippen LogP contribution in [0.4, 0.5) is 5.13 Å². The first kappa shape index (κ1) is 16.4. The molecule has 25 heavy (non-hydrogen) atoms. The number of carbonyl (C=O) groups is 1. The van der Waals surface area contributed by atoms with E-state index in [9.17, 15) is 4.79 Å². The minimum atomic E-state index is -0.126. The first-order valence-electron chi connectivity index (χ1n) is 8.38. The molecule has 0 saturated heterocycles. The second-order valence-corrected chi connectivity index (χ2v) is 8.16. The van der Waals surface area contributed by atoms with Crippen molar-refractivity contribution in [3.05, 3.63) is 45.7 Å². The quantitative estimate of drug-likeness (QED) is 0.690. The van der Waals surface area contributed by atoms with Gasteiger partial charge in [0.25, 0.3) is 5.91 Å². The van der Waals surface area contributed by atoms with Crippen molar-refractivity contribution in [2.75, 3.05) is 5.32 Å². The highest BCUT2D eigenvalue weighted by molar-refractivity contribution is 7.18. The normalized spacial score (nSPS) is 14.0. The molecule has 0 aliphatic heterocycles. The van der Waals surface area contributed by atoms with Gasteiger partial charge in [-0.15, -0.1) is 22.7 Å². The summed E-state index contributed by atoms with van der Waals surface area (Å²) >= 11 is 3.02. The summed E-state index contributed by atoms with van der Waals surface area (Å²) < 4.78 is 0. The van der Waals surface area contributed by atoms with Gasteiger partial charge in [-0.05, 0) is 44.7 Å². The molecule has 7 heteroatoms. The molecule has 1 amide bonds. The van der Waals surface area contributed by atoms with E-state index in [0.29, 0.717) is 10.0 Å². The van der Waals surface area contributed by atoms with Crippen molar-refractivity contribution in [1.29, 1.82) is 0 Å². The molecule has 4 rings (SSSR count). The number of aryl methyl sites for hydroxylation is 3. The van der Waals surface area contributed by atoms with Crippen LogP contribution in [0.3, 0.4) is 0 Å². The van der Waals surface area contributed by atoms with Crippen LogP contribution in [0.2, 0.25) is 0 Å². The molecule has 0 bridgehead atoms. The number of hydrogen-bond acceptors (Lipinski definition) is 6. The predicted molar refractivity (Wildman–Crippen MR) is 101 cm³/mol. The lowest BCUT2D eigenvalue weighted by molar-refractivity contribution is 0.103. The van der Waals surface area contributed by atoms with Crippen molar-refractivity contribution >= 4 is 33.7 Å². The Balaban J connectivity index is 1.55. The molecule has 0 unspecified atom stereocenters. The number of rotatable bonds is 3. The van der Waals surface area contributed by atoms with Crippen LogP contribution in [0.5, 0.6) is 0 Å². The van der Waals surface area contributed by atoms with E-state index in [1.165, 1.54) is 35.5 Å². The summed E-state index contributed by atoms with van der Waals surface area (Å²) in [6.45, 7) is 1.87. The molecule has 0 aromatic carbocycles. The van der Waals surface area contributed by atoms with Crippen LogP contribution in [-0.2, 0) is 12.8 Å². The van der Waals surface area contributed by atoms with E-state index < -0.39 is 0 Å². The molecule has 1 aliphatic rings. The second kappa shape index (κ2) is 7.01.